The van der Waals surface area contributed by atoms with E-state index in [1.807, 2.05) is 13.0 Å². The standard InChI is InChI=1S/C13H19NO2S/c1-2-14-12-9-6-10-13(12)17(15,16)11-7-4-3-5-8-11/h3-5,7-8,12-14H,2,6,9-10H2,1H3. The second kappa shape index (κ2) is 5.19. The number of hydrogen-bond donors (Lipinski definition) is 1. The second-order valence-electron chi connectivity index (χ2n) is 4.49. The molecular weight excluding hydrogens is 234 g/mol. The van der Waals surface area contributed by atoms with Crippen molar-refractivity contribution < 1.29 is 8.42 Å². The van der Waals surface area contributed by atoms with E-state index in [9.17, 15) is 8.42 Å². The highest BCUT2D eigenvalue weighted by molar-refractivity contribution is 7.92. The maximum atomic E-state index is 12.5. The van der Waals surface area contributed by atoms with Crippen LogP contribution in [0, 0.1) is 0 Å². The summed E-state index contributed by atoms with van der Waals surface area (Å²) in [5.74, 6) is 0. The van der Waals surface area contributed by atoms with Crippen molar-refractivity contribution in [2.75, 3.05) is 6.54 Å². The molecule has 1 fully saturated rings. The van der Waals surface area contributed by atoms with Crippen molar-refractivity contribution in [1.82, 2.24) is 5.32 Å². The van der Waals surface area contributed by atoms with Gasteiger partial charge >= 0.3 is 0 Å². The van der Waals surface area contributed by atoms with Gasteiger partial charge in [0, 0.05) is 6.04 Å². The highest BCUT2D eigenvalue weighted by Crippen LogP contribution is 2.29. The minimum atomic E-state index is -3.17. The molecule has 3 nitrogen and oxygen atoms in total. The third kappa shape index (κ3) is 2.53. The van der Waals surface area contributed by atoms with Gasteiger partial charge in [0.05, 0.1) is 10.1 Å². The molecule has 0 radical (unpaired) electrons. The van der Waals surface area contributed by atoms with Crippen LogP contribution in [0.4, 0.5) is 0 Å². The first-order chi connectivity index (χ1) is 8.16. The van der Waals surface area contributed by atoms with Crippen LogP contribution in [0.5, 0.6) is 0 Å². The zero-order valence-corrected chi connectivity index (χ0v) is 10.9. The highest BCUT2D eigenvalue weighted by atomic mass is 32.2. The van der Waals surface area contributed by atoms with E-state index >= 15 is 0 Å². The molecule has 0 saturated heterocycles. The predicted molar refractivity (Wildman–Crippen MR) is 68.7 cm³/mol. The topological polar surface area (TPSA) is 46.2 Å². The number of benzene rings is 1. The minimum Gasteiger partial charge on any atom is -0.313 e. The Morgan fingerprint density at radius 3 is 2.59 bits per heavy atom. The van der Waals surface area contributed by atoms with Crippen molar-refractivity contribution in [2.45, 2.75) is 42.4 Å². The Balaban J connectivity index is 2.27. The zero-order chi connectivity index (χ0) is 12.3. The molecule has 1 aliphatic rings. The van der Waals surface area contributed by atoms with Gasteiger partial charge in [0.1, 0.15) is 0 Å². The van der Waals surface area contributed by atoms with Gasteiger partial charge in [-0.05, 0) is 31.5 Å². The molecule has 0 aliphatic heterocycles. The lowest BCUT2D eigenvalue weighted by molar-refractivity contribution is 0.517. The summed E-state index contributed by atoms with van der Waals surface area (Å²) in [6.45, 7) is 2.84. The normalized spacial score (nSPS) is 25.0. The van der Waals surface area contributed by atoms with Crippen LogP contribution in [0.25, 0.3) is 0 Å². The number of nitrogens with one attached hydrogen (secondary N) is 1. The quantitative estimate of drug-likeness (QED) is 0.892. The fourth-order valence-electron chi connectivity index (χ4n) is 2.58. The smallest absolute Gasteiger partial charge is 0.182 e. The maximum Gasteiger partial charge on any atom is 0.182 e. The van der Waals surface area contributed by atoms with Crippen molar-refractivity contribution in [3.63, 3.8) is 0 Å². The van der Waals surface area contributed by atoms with Crippen molar-refractivity contribution >= 4 is 9.84 Å². The summed E-state index contributed by atoms with van der Waals surface area (Å²) >= 11 is 0. The molecule has 1 aliphatic carbocycles. The minimum absolute atomic E-state index is 0.116. The predicted octanol–water partition coefficient (Wildman–Crippen LogP) is 1.99. The lowest BCUT2D eigenvalue weighted by Crippen LogP contribution is -2.40. The number of sulfone groups is 1. The Morgan fingerprint density at radius 2 is 1.94 bits per heavy atom. The molecular formula is C13H19NO2S. The Kier molecular flexibility index (Phi) is 3.84. The lowest BCUT2D eigenvalue weighted by atomic mass is 10.2. The summed E-state index contributed by atoms with van der Waals surface area (Å²) < 4.78 is 25.0. The molecule has 0 aromatic heterocycles. The van der Waals surface area contributed by atoms with E-state index in [4.69, 9.17) is 0 Å². The SMILES string of the molecule is CCNC1CCCC1S(=O)(=O)c1ccccc1. The second-order valence-corrected chi connectivity index (χ2v) is 6.66. The molecule has 94 valence electrons. The summed E-state index contributed by atoms with van der Waals surface area (Å²) in [6.07, 6.45) is 2.73. The average molecular weight is 253 g/mol. The van der Waals surface area contributed by atoms with Gasteiger partial charge in [-0.1, -0.05) is 31.5 Å². The molecule has 4 heteroatoms. The molecule has 1 aromatic rings. The van der Waals surface area contributed by atoms with Gasteiger partial charge in [-0.25, -0.2) is 8.42 Å². The van der Waals surface area contributed by atoms with Gasteiger partial charge in [-0.2, -0.15) is 0 Å². The third-order valence-electron chi connectivity index (χ3n) is 3.39. The molecule has 0 amide bonds. The molecule has 1 aromatic carbocycles. The Morgan fingerprint density at radius 1 is 1.24 bits per heavy atom. The molecule has 2 unspecified atom stereocenters. The van der Waals surface area contributed by atoms with Crippen LogP contribution in [0.2, 0.25) is 0 Å². The molecule has 17 heavy (non-hydrogen) atoms. The van der Waals surface area contributed by atoms with Crippen molar-refractivity contribution in [2.24, 2.45) is 0 Å². The van der Waals surface area contributed by atoms with E-state index in [1.54, 1.807) is 24.3 Å². The number of hydrogen-bond acceptors (Lipinski definition) is 3. The summed E-state index contributed by atoms with van der Waals surface area (Å²) in [5, 5.41) is 3.03. The first kappa shape index (κ1) is 12.6. The summed E-state index contributed by atoms with van der Waals surface area (Å²) in [5.41, 5.74) is 0. The first-order valence-electron chi connectivity index (χ1n) is 6.18. The van der Waals surface area contributed by atoms with Crippen LogP contribution < -0.4 is 5.32 Å². The molecule has 0 spiro atoms. The Hall–Kier alpha value is -0.870. The third-order valence-corrected chi connectivity index (χ3v) is 5.68. The van der Waals surface area contributed by atoms with E-state index < -0.39 is 9.84 Å². The lowest BCUT2D eigenvalue weighted by Gasteiger charge is -2.20. The average Bonchev–Trinajstić information content (AvgIpc) is 2.80. The van der Waals surface area contributed by atoms with E-state index in [1.165, 1.54) is 0 Å². The van der Waals surface area contributed by atoms with Crippen LogP contribution in [-0.4, -0.2) is 26.3 Å². The molecule has 1 saturated carbocycles. The van der Waals surface area contributed by atoms with Crippen LogP contribution >= 0.6 is 0 Å². The molecule has 0 heterocycles. The van der Waals surface area contributed by atoms with Gasteiger partial charge in [0.25, 0.3) is 0 Å². The Bertz CT molecular complexity index is 456. The van der Waals surface area contributed by atoms with Crippen LogP contribution in [-0.2, 0) is 9.84 Å². The highest BCUT2D eigenvalue weighted by Gasteiger charge is 2.37. The molecule has 1 N–H and O–H groups in total. The van der Waals surface area contributed by atoms with Gasteiger partial charge in [-0.15, -0.1) is 0 Å². The van der Waals surface area contributed by atoms with Crippen LogP contribution in [0.1, 0.15) is 26.2 Å². The van der Waals surface area contributed by atoms with E-state index in [0.29, 0.717) is 4.90 Å². The number of rotatable bonds is 4. The molecule has 2 rings (SSSR count). The van der Waals surface area contributed by atoms with Gasteiger partial charge in [0.15, 0.2) is 9.84 Å². The largest absolute Gasteiger partial charge is 0.313 e. The van der Waals surface area contributed by atoms with E-state index in [2.05, 4.69) is 5.32 Å². The molecule has 0 bridgehead atoms. The summed E-state index contributed by atoms with van der Waals surface area (Å²) in [7, 11) is -3.17. The monoisotopic (exact) mass is 253 g/mol. The molecule has 2 atom stereocenters. The Labute approximate surface area is 103 Å². The van der Waals surface area contributed by atoms with E-state index in [-0.39, 0.29) is 11.3 Å². The van der Waals surface area contributed by atoms with Crippen LogP contribution in [0.3, 0.4) is 0 Å². The van der Waals surface area contributed by atoms with Crippen LogP contribution in [0.15, 0.2) is 35.2 Å². The van der Waals surface area contributed by atoms with Gasteiger partial charge < -0.3 is 5.32 Å². The summed E-state index contributed by atoms with van der Waals surface area (Å²) in [6, 6.07) is 8.90. The zero-order valence-electron chi connectivity index (χ0n) is 10.1. The van der Waals surface area contributed by atoms with Crippen molar-refractivity contribution in [3.8, 4) is 0 Å². The van der Waals surface area contributed by atoms with Crippen molar-refractivity contribution in [1.29, 1.82) is 0 Å². The van der Waals surface area contributed by atoms with E-state index in [0.717, 1.165) is 25.8 Å². The van der Waals surface area contributed by atoms with Gasteiger partial charge in [0.2, 0.25) is 0 Å². The summed E-state index contributed by atoms with van der Waals surface area (Å²) in [4.78, 5) is 0.454. The van der Waals surface area contributed by atoms with Crippen molar-refractivity contribution in [3.05, 3.63) is 30.3 Å². The first-order valence-corrected chi connectivity index (χ1v) is 7.73. The van der Waals surface area contributed by atoms with Gasteiger partial charge in [-0.3, -0.25) is 0 Å². The fourth-order valence-corrected chi connectivity index (χ4v) is 4.61. The maximum absolute atomic E-state index is 12.5. The fraction of sp³-hybridized carbons (Fsp3) is 0.538.